The van der Waals surface area contributed by atoms with Gasteiger partial charge in [0, 0.05) is 12.2 Å². The fraction of sp³-hybridized carbons (Fsp3) is 0.500. The van der Waals surface area contributed by atoms with E-state index in [1.165, 1.54) is 0 Å². The summed E-state index contributed by atoms with van der Waals surface area (Å²) >= 11 is 0. The van der Waals surface area contributed by atoms with E-state index in [1.807, 2.05) is 13.8 Å². The van der Waals surface area contributed by atoms with Crippen LogP contribution >= 0.6 is 0 Å². The molecule has 0 fully saturated rings. The van der Waals surface area contributed by atoms with Crippen molar-refractivity contribution in [3.8, 4) is 0 Å². The van der Waals surface area contributed by atoms with Gasteiger partial charge >= 0.3 is 6.18 Å². The van der Waals surface area contributed by atoms with E-state index in [0.717, 1.165) is 12.3 Å². The number of nitrogens with zero attached hydrogens (tertiary/aromatic N) is 1. The smallest absolute Gasteiger partial charge is 0.381 e. The van der Waals surface area contributed by atoms with E-state index >= 15 is 0 Å². The van der Waals surface area contributed by atoms with Gasteiger partial charge in [-0.05, 0) is 26.8 Å². The lowest BCUT2D eigenvalue weighted by Crippen LogP contribution is -2.13. The van der Waals surface area contributed by atoms with E-state index in [0.29, 0.717) is 11.4 Å². The van der Waals surface area contributed by atoms with Crippen molar-refractivity contribution in [1.29, 1.82) is 0 Å². The second-order valence-electron chi connectivity index (χ2n) is 3.65. The number of alkyl halides is 3. The minimum Gasteiger partial charge on any atom is -0.381 e. The molecule has 2 nitrogen and oxygen atoms in total. The molecule has 84 valence electrons. The molecule has 1 aromatic rings. The third-order valence-electron chi connectivity index (χ3n) is 1.86. The number of halogens is 3. The number of hydrogen-bond acceptors (Lipinski definition) is 2. The highest BCUT2D eigenvalue weighted by Crippen LogP contribution is 2.31. The van der Waals surface area contributed by atoms with Crippen molar-refractivity contribution in [2.45, 2.75) is 33.0 Å². The van der Waals surface area contributed by atoms with Gasteiger partial charge < -0.3 is 5.32 Å². The van der Waals surface area contributed by atoms with Gasteiger partial charge in [-0.3, -0.25) is 4.98 Å². The van der Waals surface area contributed by atoms with Gasteiger partial charge in [-0.25, -0.2) is 0 Å². The van der Waals surface area contributed by atoms with Gasteiger partial charge in [0.05, 0.1) is 16.9 Å². The molecule has 5 heteroatoms. The zero-order valence-electron chi connectivity index (χ0n) is 8.81. The number of anilines is 1. The van der Waals surface area contributed by atoms with E-state index in [1.54, 1.807) is 6.92 Å². The van der Waals surface area contributed by atoms with Crippen LogP contribution in [0.15, 0.2) is 12.3 Å². The highest BCUT2D eigenvalue weighted by Gasteiger charge is 2.31. The highest BCUT2D eigenvalue weighted by molar-refractivity contribution is 5.50. The minimum absolute atomic E-state index is 0.0778. The number of rotatable bonds is 2. The van der Waals surface area contributed by atoms with Crippen LogP contribution in [0.25, 0.3) is 0 Å². The molecule has 1 aromatic heterocycles. The molecule has 0 amide bonds. The molecule has 0 saturated heterocycles. The monoisotopic (exact) mass is 218 g/mol. The standard InChI is InChI=1S/C10H13F3N2/c1-6(2)15-9-4-8(10(11,12)13)5-14-7(9)3/h4-6,15H,1-3H3. The molecular formula is C10H13F3N2. The van der Waals surface area contributed by atoms with E-state index in [4.69, 9.17) is 0 Å². The Bertz CT molecular complexity index is 345. The van der Waals surface area contributed by atoms with Crippen molar-refractivity contribution in [3.05, 3.63) is 23.5 Å². The number of aromatic nitrogens is 1. The topological polar surface area (TPSA) is 24.9 Å². The van der Waals surface area contributed by atoms with Crippen molar-refractivity contribution in [2.24, 2.45) is 0 Å². The average molecular weight is 218 g/mol. The van der Waals surface area contributed by atoms with Crippen molar-refractivity contribution in [1.82, 2.24) is 4.98 Å². The molecule has 0 atom stereocenters. The van der Waals surface area contributed by atoms with E-state index in [-0.39, 0.29) is 6.04 Å². The highest BCUT2D eigenvalue weighted by atomic mass is 19.4. The van der Waals surface area contributed by atoms with Crippen molar-refractivity contribution >= 4 is 5.69 Å². The predicted molar refractivity (Wildman–Crippen MR) is 52.7 cm³/mol. The fourth-order valence-corrected chi connectivity index (χ4v) is 1.15. The summed E-state index contributed by atoms with van der Waals surface area (Å²) in [6.45, 7) is 5.39. The Labute approximate surface area is 86.5 Å². The molecule has 1 rings (SSSR count). The molecule has 0 bridgehead atoms. The third-order valence-corrected chi connectivity index (χ3v) is 1.86. The fourth-order valence-electron chi connectivity index (χ4n) is 1.15. The molecule has 0 aromatic carbocycles. The molecule has 1 heterocycles. The van der Waals surface area contributed by atoms with Crippen LogP contribution in [0.4, 0.5) is 18.9 Å². The Morgan fingerprint density at radius 2 is 1.93 bits per heavy atom. The molecule has 0 radical (unpaired) electrons. The van der Waals surface area contributed by atoms with Crippen LogP contribution in [-0.2, 0) is 6.18 Å². The number of pyridine rings is 1. The maximum Gasteiger partial charge on any atom is 0.417 e. The summed E-state index contributed by atoms with van der Waals surface area (Å²) in [5.74, 6) is 0. The van der Waals surface area contributed by atoms with Crippen LogP contribution in [0.5, 0.6) is 0 Å². The van der Waals surface area contributed by atoms with E-state index in [2.05, 4.69) is 10.3 Å². The summed E-state index contributed by atoms with van der Waals surface area (Å²) in [6, 6.07) is 1.16. The summed E-state index contributed by atoms with van der Waals surface area (Å²) < 4.78 is 37.1. The normalized spacial score (nSPS) is 11.9. The molecular weight excluding hydrogens is 205 g/mol. The summed E-state index contributed by atoms with van der Waals surface area (Å²) in [5.41, 5.74) is 0.271. The van der Waals surface area contributed by atoms with Gasteiger partial charge in [0.25, 0.3) is 0 Å². The predicted octanol–water partition coefficient (Wildman–Crippen LogP) is 3.23. The second-order valence-corrected chi connectivity index (χ2v) is 3.65. The SMILES string of the molecule is Cc1ncc(C(F)(F)F)cc1NC(C)C. The lowest BCUT2D eigenvalue weighted by atomic mass is 10.2. The largest absolute Gasteiger partial charge is 0.417 e. The summed E-state index contributed by atoms with van der Waals surface area (Å²) in [5, 5.41) is 2.92. The first-order chi connectivity index (χ1) is 6.80. The summed E-state index contributed by atoms with van der Waals surface area (Å²) in [4.78, 5) is 3.72. The summed E-state index contributed by atoms with van der Waals surface area (Å²) in [6.07, 6.45) is -3.49. The van der Waals surface area contributed by atoms with E-state index in [9.17, 15) is 13.2 Å². The van der Waals surface area contributed by atoms with E-state index < -0.39 is 11.7 Å². The molecule has 15 heavy (non-hydrogen) atoms. The lowest BCUT2D eigenvalue weighted by Gasteiger charge is -2.14. The number of nitrogens with one attached hydrogen (secondary N) is 1. The van der Waals surface area contributed by atoms with Crippen LogP contribution in [0.3, 0.4) is 0 Å². The molecule has 0 aliphatic carbocycles. The van der Waals surface area contributed by atoms with Gasteiger partial charge in [0.15, 0.2) is 0 Å². The van der Waals surface area contributed by atoms with Gasteiger partial charge in [-0.1, -0.05) is 0 Å². The van der Waals surface area contributed by atoms with Crippen LogP contribution in [0, 0.1) is 6.92 Å². The Kier molecular flexibility index (Phi) is 3.21. The zero-order chi connectivity index (χ0) is 11.6. The van der Waals surface area contributed by atoms with Gasteiger partial charge in [-0.15, -0.1) is 0 Å². The maximum absolute atomic E-state index is 12.4. The Morgan fingerprint density at radius 3 is 2.40 bits per heavy atom. The van der Waals surface area contributed by atoms with Gasteiger partial charge in [0.1, 0.15) is 0 Å². The number of aryl methyl sites for hydroxylation is 1. The van der Waals surface area contributed by atoms with Crippen molar-refractivity contribution in [2.75, 3.05) is 5.32 Å². The van der Waals surface area contributed by atoms with Crippen LogP contribution in [-0.4, -0.2) is 11.0 Å². The lowest BCUT2D eigenvalue weighted by molar-refractivity contribution is -0.137. The van der Waals surface area contributed by atoms with Crippen LogP contribution < -0.4 is 5.32 Å². The maximum atomic E-state index is 12.4. The third kappa shape index (κ3) is 3.11. The second kappa shape index (κ2) is 4.08. The molecule has 1 N–H and O–H groups in total. The molecule has 0 aliphatic heterocycles. The first-order valence-electron chi connectivity index (χ1n) is 4.61. The molecule has 0 aliphatic rings. The number of hydrogen-bond donors (Lipinski definition) is 1. The van der Waals surface area contributed by atoms with Crippen LogP contribution in [0.1, 0.15) is 25.1 Å². The quantitative estimate of drug-likeness (QED) is 0.824. The van der Waals surface area contributed by atoms with Crippen molar-refractivity contribution < 1.29 is 13.2 Å². The Morgan fingerprint density at radius 1 is 1.33 bits per heavy atom. The first kappa shape index (κ1) is 11.8. The van der Waals surface area contributed by atoms with Crippen LogP contribution in [0.2, 0.25) is 0 Å². The zero-order valence-corrected chi connectivity index (χ0v) is 8.81. The Balaban J connectivity index is 3.06. The van der Waals surface area contributed by atoms with Gasteiger partial charge in [0.2, 0.25) is 0 Å². The minimum atomic E-state index is -4.34. The molecule has 0 saturated carbocycles. The Hall–Kier alpha value is -1.26. The van der Waals surface area contributed by atoms with Crippen molar-refractivity contribution in [3.63, 3.8) is 0 Å². The average Bonchev–Trinajstić information content (AvgIpc) is 2.06. The molecule has 0 unspecified atom stereocenters. The first-order valence-corrected chi connectivity index (χ1v) is 4.61. The molecule has 0 spiro atoms. The summed E-state index contributed by atoms with van der Waals surface area (Å²) in [7, 11) is 0. The van der Waals surface area contributed by atoms with Gasteiger partial charge in [-0.2, -0.15) is 13.2 Å².